The van der Waals surface area contributed by atoms with Gasteiger partial charge in [0, 0.05) is 26.1 Å². The van der Waals surface area contributed by atoms with Crippen LogP contribution < -0.4 is 5.32 Å². The van der Waals surface area contributed by atoms with Crippen LogP contribution in [0.3, 0.4) is 0 Å². The van der Waals surface area contributed by atoms with Gasteiger partial charge in [-0.1, -0.05) is 0 Å². The van der Waals surface area contributed by atoms with Crippen LogP contribution in [0.4, 0.5) is 4.79 Å². The second-order valence-electron chi connectivity index (χ2n) is 4.94. The molecule has 21 heavy (non-hydrogen) atoms. The van der Waals surface area contributed by atoms with Crippen molar-refractivity contribution in [1.82, 2.24) is 10.2 Å². The summed E-state index contributed by atoms with van der Waals surface area (Å²) >= 11 is 0. The maximum absolute atomic E-state index is 12.1. The molecule has 0 aliphatic carbocycles. The molecule has 2 amide bonds. The maximum atomic E-state index is 12.1. The molecule has 1 fully saturated rings. The minimum atomic E-state index is -1.23. The van der Waals surface area contributed by atoms with Gasteiger partial charge in [0.15, 0.2) is 0 Å². The molecule has 0 saturated carbocycles. The summed E-state index contributed by atoms with van der Waals surface area (Å²) in [5.41, 5.74) is 0. The van der Waals surface area contributed by atoms with Gasteiger partial charge in [0.1, 0.15) is 6.04 Å². The van der Waals surface area contributed by atoms with Crippen LogP contribution in [0.2, 0.25) is 0 Å². The Morgan fingerprint density at radius 1 is 1.38 bits per heavy atom. The van der Waals surface area contributed by atoms with Crippen LogP contribution in [0.25, 0.3) is 0 Å². The molecule has 0 spiro atoms. The van der Waals surface area contributed by atoms with Gasteiger partial charge in [0.25, 0.3) is 0 Å². The molecule has 2 atom stereocenters. The number of urea groups is 1. The van der Waals surface area contributed by atoms with Gasteiger partial charge in [-0.3, -0.25) is 4.79 Å². The highest BCUT2D eigenvalue weighted by atomic mass is 16.5. The first kappa shape index (κ1) is 17.2. The summed E-state index contributed by atoms with van der Waals surface area (Å²) in [4.78, 5) is 35.1. The lowest BCUT2D eigenvalue weighted by molar-refractivity contribution is -0.140. The van der Waals surface area contributed by atoms with E-state index in [1.165, 1.54) is 4.90 Å². The predicted octanol–water partition coefficient (Wildman–Crippen LogP) is 0.515. The van der Waals surface area contributed by atoms with Gasteiger partial charge in [-0.2, -0.15) is 0 Å². The van der Waals surface area contributed by atoms with Crippen molar-refractivity contribution in [2.45, 2.75) is 44.8 Å². The highest BCUT2D eigenvalue weighted by Gasteiger charge is 2.27. The van der Waals surface area contributed by atoms with E-state index in [1.807, 2.05) is 6.92 Å². The molecular weight excluding hydrogens is 280 g/mol. The fourth-order valence-electron chi connectivity index (χ4n) is 2.26. The average Bonchev–Trinajstić information content (AvgIpc) is 2.43. The van der Waals surface area contributed by atoms with E-state index in [9.17, 15) is 14.4 Å². The molecule has 1 saturated heterocycles. The number of ether oxygens (including phenoxy) is 1. The molecule has 0 aromatic heterocycles. The first-order valence-corrected chi connectivity index (χ1v) is 7.05. The summed E-state index contributed by atoms with van der Waals surface area (Å²) in [5.74, 6) is -2.33. The molecular formula is C13H22N2O6. The van der Waals surface area contributed by atoms with Gasteiger partial charge in [0.05, 0.1) is 6.10 Å². The van der Waals surface area contributed by atoms with E-state index in [-0.39, 0.29) is 18.9 Å². The average molecular weight is 302 g/mol. The normalized spacial score (nSPS) is 19.9. The molecule has 8 nitrogen and oxygen atoms in total. The lowest BCUT2D eigenvalue weighted by Gasteiger charge is -2.33. The van der Waals surface area contributed by atoms with E-state index in [0.29, 0.717) is 19.7 Å². The van der Waals surface area contributed by atoms with Gasteiger partial charge >= 0.3 is 18.0 Å². The zero-order chi connectivity index (χ0) is 15.8. The zero-order valence-electron chi connectivity index (χ0n) is 12.1. The quantitative estimate of drug-likeness (QED) is 0.631. The van der Waals surface area contributed by atoms with E-state index >= 15 is 0 Å². The van der Waals surface area contributed by atoms with Gasteiger partial charge in [-0.05, 0) is 26.2 Å². The smallest absolute Gasteiger partial charge is 0.326 e. The van der Waals surface area contributed by atoms with Crippen LogP contribution in [0.1, 0.15) is 32.6 Å². The van der Waals surface area contributed by atoms with Crippen molar-refractivity contribution < 1.29 is 29.3 Å². The third-order valence-corrected chi connectivity index (χ3v) is 3.31. The number of nitrogens with one attached hydrogen (secondary N) is 1. The minimum Gasteiger partial charge on any atom is -0.481 e. The fraction of sp³-hybridized carbons (Fsp3) is 0.769. The number of aliphatic carboxylic acids is 2. The number of nitrogens with zero attached hydrogens (tertiary/aromatic N) is 1. The molecule has 1 heterocycles. The second kappa shape index (κ2) is 8.46. The number of carbonyl (C=O) groups excluding carboxylic acids is 1. The van der Waals surface area contributed by atoms with Gasteiger partial charge in [-0.15, -0.1) is 0 Å². The van der Waals surface area contributed by atoms with E-state index in [1.54, 1.807) is 0 Å². The molecule has 1 aliphatic heterocycles. The molecule has 1 aliphatic rings. The highest BCUT2D eigenvalue weighted by Crippen LogP contribution is 2.13. The summed E-state index contributed by atoms with van der Waals surface area (Å²) in [6.45, 7) is 3.41. The van der Waals surface area contributed by atoms with Crippen molar-refractivity contribution in [3.8, 4) is 0 Å². The van der Waals surface area contributed by atoms with Crippen molar-refractivity contribution in [2.24, 2.45) is 0 Å². The van der Waals surface area contributed by atoms with Crippen molar-refractivity contribution in [2.75, 3.05) is 19.7 Å². The van der Waals surface area contributed by atoms with Crippen molar-refractivity contribution in [3.63, 3.8) is 0 Å². The molecule has 0 aromatic rings. The Labute approximate surface area is 123 Å². The van der Waals surface area contributed by atoms with Crippen molar-refractivity contribution in [1.29, 1.82) is 0 Å². The van der Waals surface area contributed by atoms with Crippen molar-refractivity contribution >= 4 is 18.0 Å². The van der Waals surface area contributed by atoms with Crippen LogP contribution in [0, 0.1) is 0 Å². The molecule has 1 rings (SSSR count). The number of carboxylic acids is 2. The molecule has 1 unspecified atom stereocenters. The lowest BCUT2D eigenvalue weighted by Crippen LogP contribution is -2.52. The summed E-state index contributed by atoms with van der Waals surface area (Å²) in [6.07, 6.45) is 1.19. The molecule has 0 bridgehead atoms. The Morgan fingerprint density at radius 3 is 2.67 bits per heavy atom. The first-order valence-electron chi connectivity index (χ1n) is 7.05. The number of likely N-dealkylation sites (tertiary alicyclic amines) is 1. The summed E-state index contributed by atoms with van der Waals surface area (Å²) < 4.78 is 5.48. The summed E-state index contributed by atoms with van der Waals surface area (Å²) in [7, 11) is 0. The van der Waals surface area contributed by atoms with Crippen LogP contribution >= 0.6 is 0 Å². The van der Waals surface area contributed by atoms with Crippen LogP contribution in [-0.2, 0) is 14.3 Å². The highest BCUT2D eigenvalue weighted by molar-refractivity contribution is 5.83. The monoisotopic (exact) mass is 302 g/mol. The Morgan fingerprint density at radius 2 is 2.10 bits per heavy atom. The van der Waals surface area contributed by atoms with Gasteiger partial charge in [0.2, 0.25) is 0 Å². The Hall–Kier alpha value is -1.83. The summed E-state index contributed by atoms with van der Waals surface area (Å²) in [5, 5.41) is 20.0. The van der Waals surface area contributed by atoms with E-state index < -0.39 is 24.0 Å². The minimum absolute atomic E-state index is 0.0307. The number of carbonyl (C=O) groups is 3. The van der Waals surface area contributed by atoms with Crippen LogP contribution in [0.15, 0.2) is 0 Å². The predicted molar refractivity (Wildman–Crippen MR) is 73.0 cm³/mol. The Kier molecular flexibility index (Phi) is 6.93. The number of carboxylic acid groups (broad SMARTS) is 2. The lowest BCUT2D eigenvalue weighted by atomic mass is 10.1. The van der Waals surface area contributed by atoms with Crippen LogP contribution in [0.5, 0.6) is 0 Å². The largest absolute Gasteiger partial charge is 0.481 e. The van der Waals surface area contributed by atoms with E-state index in [0.717, 1.165) is 12.8 Å². The molecule has 3 N–H and O–H groups in total. The van der Waals surface area contributed by atoms with Crippen molar-refractivity contribution in [3.05, 3.63) is 0 Å². The maximum Gasteiger partial charge on any atom is 0.326 e. The Balaban J connectivity index is 2.52. The zero-order valence-corrected chi connectivity index (χ0v) is 12.1. The summed E-state index contributed by atoms with van der Waals surface area (Å²) in [6, 6.07) is -1.68. The SMILES string of the molecule is CCOC1CCCN(C(=O)N[C@@H](CCC(=O)O)C(=O)O)C1. The van der Waals surface area contributed by atoms with Gasteiger partial charge < -0.3 is 25.2 Å². The van der Waals surface area contributed by atoms with E-state index in [2.05, 4.69) is 5.32 Å². The van der Waals surface area contributed by atoms with Gasteiger partial charge in [-0.25, -0.2) is 9.59 Å². The third-order valence-electron chi connectivity index (χ3n) is 3.31. The first-order chi connectivity index (χ1) is 9.93. The van der Waals surface area contributed by atoms with E-state index in [4.69, 9.17) is 14.9 Å². The number of rotatable bonds is 7. The molecule has 0 aromatic carbocycles. The Bertz CT molecular complexity index is 385. The third kappa shape index (κ3) is 5.99. The number of hydrogen-bond acceptors (Lipinski definition) is 4. The molecule has 120 valence electrons. The number of amides is 2. The topological polar surface area (TPSA) is 116 Å². The number of hydrogen-bond donors (Lipinski definition) is 3. The molecule has 8 heteroatoms. The second-order valence-corrected chi connectivity index (χ2v) is 4.94. The van der Waals surface area contributed by atoms with Crippen LogP contribution in [-0.4, -0.2) is 64.9 Å². The molecule has 0 radical (unpaired) electrons. The standard InChI is InChI=1S/C13H22N2O6/c1-2-21-9-4-3-7-15(8-9)13(20)14-10(12(18)19)5-6-11(16)17/h9-10H,2-8H2,1H3,(H,14,20)(H,16,17)(H,18,19)/t9?,10-/m0/s1. The number of piperidine rings is 1. The fourth-order valence-corrected chi connectivity index (χ4v) is 2.26.